The number of carbonyl (C=O) groups excluding carboxylic acids is 1. The largest absolute Gasteiger partial charge is 0.497 e. The summed E-state index contributed by atoms with van der Waals surface area (Å²) in [5.41, 5.74) is 2.13. The first kappa shape index (κ1) is 24.9. The summed E-state index contributed by atoms with van der Waals surface area (Å²) in [6.07, 6.45) is 17.1. The van der Waals surface area contributed by atoms with Crippen LogP contribution in [-0.4, -0.2) is 41.2 Å². The van der Waals surface area contributed by atoms with E-state index >= 15 is 0 Å². The molecule has 0 bridgehead atoms. The lowest BCUT2D eigenvalue weighted by Gasteiger charge is -2.38. The van der Waals surface area contributed by atoms with Gasteiger partial charge in [0.25, 0.3) is 5.24 Å². The molecule has 0 radical (unpaired) electrons. The van der Waals surface area contributed by atoms with E-state index in [9.17, 15) is 4.79 Å². The van der Waals surface area contributed by atoms with Crippen molar-refractivity contribution >= 4 is 40.4 Å². The number of fused-ring (bicyclic) bond motifs is 1. The molecule has 2 unspecified atom stereocenters. The minimum atomic E-state index is -0.141. The third-order valence-corrected chi connectivity index (χ3v) is 5.32. The number of benzene rings is 1. The zero-order valence-corrected chi connectivity index (χ0v) is 18.7. The fourth-order valence-corrected chi connectivity index (χ4v) is 4.03. The molecule has 156 valence electrons. The lowest BCUT2D eigenvalue weighted by molar-refractivity contribution is 0.145. The lowest BCUT2D eigenvalue weighted by atomic mass is 9.85. The Hall–Kier alpha value is -2.16. The van der Waals surface area contributed by atoms with Crippen LogP contribution in [0.15, 0.2) is 43.1 Å². The molecule has 1 amide bonds. The summed E-state index contributed by atoms with van der Waals surface area (Å²) in [6.45, 7) is 4.62. The molecule has 1 aliphatic heterocycles. The fourth-order valence-electron chi connectivity index (χ4n) is 3.77. The summed E-state index contributed by atoms with van der Waals surface area (Å²) in [5, 5.41) is 0.942. The van der Waals surface area contributed by atoms with Crippen LogP contribution in [0.3, 0.4) is 0 Å². The van der Waals surface area contributed by atoms with Gasteiger partial charge in [0.2, 0.25) is 0 Å². The van der Waals surface area contributed by atoms with Crippen molar-refractivity contribution in [3.63, 3.8) is 0 Å². The van der Waals surface area contributed by atoms with Gasteiger partial charge < -0.3 is 9.64 Å². The number of terminal acetylenes is 1. The van der Waals surface area contributed by atoms with Crippen molar-refractivity contribution in [3.8, 4) is 18.6 Å². The van der Waals surface area contributed by atoms with Crippen molar-refractivity contribution < 1.29 is 9.53 Å². The van der Waals surface area contributed by atoms with E-state index in [-0.39, 0.29) is 11.3 Å². The SMILES string of the molecule is C#C.C=CCC1CCN(C(=O)S)C(Cc2ccnc3ccc(OC)cc23)C1.CCl. The number of pyridine rings is 1. The lowest BCUT2D eigenvalue weighted by Crippen LogP contribution is -2.45. The molecule has 2 aromatic rings. The molecule has 3 rings (SSSR count). The van der Waals surface area contributed by atoms with Crippen LogP contribution in [0.1, 0.15) is 24.8 Å². The zero-order valence-electron chi connectivity index (χ0n) is 17.1. The average molecular weight is 433 g/mol. The highest BCUT2D eigenvalue weighted by atomic mass is 35.5. The van der Waals surface area contributed by atoms with Crippen molar-refractivity contribution in [2.45, 2.75) is 31.7 Å². The van der Waals surface area contributed by atoms with Gasteiger partial charge in [-0.2, -0.15) is 0 Å². The number of rotatable bonds is 5. The van der Waals surface area contributed by atoms with Crippen molar-refractivity contribution in [2.24, 2.45) is 5.92 Å². The maximum Gasteiger partial charge on any atom is 0.278 e. The van der Waals surface area contributed by atoms with Crippen LogP contribution in [0.5, 0.6) is 5.75 Å². The van der Waals surface area contributed by atoms with E-state index in [1.807, 2.05) is 41.4 Å². The summed E-state index contributed by atoms with van der Waals surface area (Å²) in [5.74, 6) is 1.39. The summed E-state index contributed by atoms with van der Waals surface area (Å²) >= 11 is 8.73. The molecule has 1 saturated heterocycles. The number of ether oxygens (including phenoxy) is 1. The molecule has 1 fully saturated rings. The van der Waals surface area contributed by atoms with Crippen LogP contribution in [0.25, 0.3) is 10.9 Å². The summed E-state index contributed by atoms with van der Waals surface area (Å²) < 4.78 is 5.36. The quantitative estimate of drug-likeness (QED) is 0.289. The Morgan fingerprint density at radius 3 is 2.76 bits per heavy atom. The van der Waals surface area contributed by atoms with E-state index in [4.69, 9.17) is 4.74 Å². The molecule has 0 N–H and O–H groups in total. The number of amides is 1. The van der Waals surface area contributed by atoms with Crippen LogP contribution in [0.2, 0.25) is 0 Å². The van der Waals surface area contributed by atoms with Gasteiger partial charge >= 0.3 is 0 Å². The summed E-state index contributed by atoms with van der Waals surface area (Å²) in [6, 6.07) is 8.11. The number of thiol groups is 1. The first-order chi connectivity index (χ1) is 14.1. The number of allylic oxidation sites excluding steroid dienone is 1. The predicted molar refractivity (Wildman–Crippen MR) is 126 cm³/mol. The Balaban J connectivity index is 0.000000989. The van der Waals surface area contributed by atoms with Crippen molar-refractivity contribution in [2.75, 3.05) is 20.0 Å². The van der Waals surface area contributed by atoms with E-state index in [0.29, 0.717) is 5.92 Å². The number of piperidine rings is 1. The Morgan fingerprint density at radius 1 is 1.41 bits per heavy atom. The average Bonchev–Trinajstić information content (AvgIpc) is 2.77. The van der Waals surface area contributed by atoms with Crippen LogP contribution in [-0.2, 0) is 6.42 Å². The molecule has 29 heavy (non-hydrogen) atoms. The number of alkyl halides is 1. The minimum absolute atomic E-state index is 0.141. The number of hydrogen-bond donors (Lipinski definition) is 1. The van der Waals surface area contributed by atoms with Crippen LogP contribution >= 0.6 is 24.2 Å². The van der Waals surface area contributed by atoms with E-state index in [2.05, 4.69) is 48.6 Å². The van der Waals surface area contributed by atoms with Gasteiger partial charge in [-0.15, -0.1) is 31.0 Å². The second-order valence-corrected chi connectivity index (χ2v) is 6.98. The number of carbonyl (C=O) groups is 1. The third-order valence-electron chi connectivity index (χ3n) is 5.06. The number of halogens is 1. The molecule has 0 aliphatic carbocycles. The number of likely N-dealkylation sites (tertiary alicyclic amines) is 1. The molecule has 1 aromatic carbocycles. The molecular weight excluding hydrogens is 404 g/mol. The van der Waals surface area contributed by atoms with E-state index in [1.165, 1.54) is 11.9 Å². The van der Waals surface area contributed by atoms with E-state index < -0.39 is 0 Å². The number of aromatic nitrogens is 1. The second-order valence-electron chi connectivity index (χ2n) is 6.60. The second kappa shape index (κ2) is 13.1. The Labute approximate surface area is 184 Å². The number of nitrogens with zero attached hydrogens (tertiary/aromatic N) is 2. The number of methoxy groups -OCH3 is 1. The Kier molecular flexibility index (Phi) is 11.3. The Morgan fingerprint density at radius 2 is 2.14 bits per heavy atom. The van der Waals surface area contributed by atoms with E-state index in [0.717, 1.165) is 48.9 Å². The van der Waals surface area contributed by atoms with Gasteiger partial charge in [-0.25, -0.2) is 0 Å². The van der Waals surface area contributed by atoms with Gasteiger partial charge in [0.05, 0.1) is 12.6 Å². The first-order valence-electron chi connectivity index (χ1n) is 9.35. The highest BCUT2D eigenvalue weighted by Gasteiger charge is 2.30. The maximum absolute atomic E-state index is 12.0. The van der Waals surface area contributed by atoms with Crippen molar-refractivity contribution in [1.29, 1.82) is 0 Å². The third kappa shape index (κ3) is 6.69. The molecule has 4 nitrogen and oxygen atoms in total. The highest BCUT2D eigenvalue weighted by Crippen LogP contribution is 2.31. The highest BCUT2D eigenvalue weighted by molar-refractivity contribution is 7.96. The topological polar surface area (TPSA) is 42.4 Å². The standard InChI is InChI=1S/C20H24N2O2S.C2H2.CH3Cl/c1-3-4-14-8-10-22(20(23)25)16(11-14)12-15-7-9-21-19-6-5-17(24-2)13-18(15)19;2*1-2/h3,5-7,9,13-14,16H,1,4,8,10-12H2,2H3,(H,23,25);1-2H;1H3. The smallest absolute Gasteiger partial charge is 0.278 e. The predicted octanol–water partition coefficient (Wildman–Crippen LogP) is 5.60. The minimum Gasteiger partial charge on any atom is -0.497 e. The molecule has 2 atom stereocenters. The van der Waals surface area contributed by atoms with Gasteiger partial charge in [0.1, 0.15) is 5.75 Å². The molecule has 2 heterocycles. The molecule has 1 aromatic heterocycles. The van der Waals surface area contributed by atoms with Gasteiger partial charge in [-0.3, -0.25) is 9.78 Å². The summed E-state index contributed by atoms with van der Waals surface area (Å²) in [4.78, 5) is 18.3. The Bertz CT molecular complexity index is 825. The van der Waals surface area contributed by atoms with Crippen molar-refractivity contribution in [1.82, 2.24) is 9.88 Å². The van der Waals surface area contributed by atoms with Crippen LogP contribution in [0.4, 0.5) is 4.79 Å². The molecule has 1 aliphatic rings. The molecule has 0 spiro atoms. The van der Waals surface area contributed by atoms with Gasteiger partial charge in [-0.05, 0) is 61.4 Å². The maximum atomic E-state index is 12.0. The van der Waals surface area contributed by atoms with Crippen LogP contribution < -0.4 is 4.74 Å². The van der Waals surface area contributed by atoms with Gasteiger partial charge in [0, 0.05) is 30.6 Å². The zero-order chi connectivity index (χ0) is 21.8. The molecular formula is C23H29ClN2O2S. The fraction of sp³-hybridized carbons (Fsp3) is 0.391. The van der Waals surface area contributed by atoms with Gasteiger partial charge in [-0.1, -0.05) is 18.7 Å². The molecule has 0 saturated carbocycles. The monoisotopic (exact) mass is 432 g/mol. The molecule has 6 heteroatoms. The number of hydrogen-bond acceptors (Lipinski definition) is 3. The van der Waals surface area contributed by atoms with E-state index in [1.54, 1.807) is 7.11 Å². The first-order valence-corrected chi connectivity index (χ1v) is 10.6. The normalized spacial score (nSPS) is 17.9. The van der Waals surface area contributed by atoms with Crippen LogP contribution in [0, 0.1) is 18.8 Å². The summed E-state index contributed by atoms with van der Waals surface area (Å²) in [7, 11) is 1.67. The van der Waals surface area contributed by atoms with Crippen molar-refractivity contribution in [3.05, 3.63) is 48.7 Å². The van der Waals surface area contributed by atoms with Gasteiger partial charge in [0.15, 0.2) is 0 Å².